The second-order valence-electron chi connectivity index (χ2n) is 5.70. The highest BCUT2D eigenvalue weighted by molar-refractivity contribution is 7.89. The van der Waals surface area contributed by atoms with Crippen LogP contribution in [0.3, 0.4) is 0 Å². The first-order valence-electron chi connectivity index (χ1n) is 8.00. The lowest BCUT2D eigenvalue weighted by molar-refractivity contribution is -0.125. The Morgan fingerprint density at radius 1 is 1.38 bits per heavy atom. The number of amides is 1. The van der Waals surface area contributed by atoms with E-state index in [2.05, 4.69) is 22.2 Å². The first-order chi connectivity index (χ1) is 12.1. The molecular weight excluding hydrogens is 376 g/mol. The summed E-state index contributed by atoms with van der Waals surface area (Å²) < 4.78 is 27.8. The normalized spacial score (nSPS) is 18.1. The van der Waals surface area contributed by atoms with Crippen molar-refractivity contribution in [1.29, 1.82) is 0 Å². The third-order valence-corrected chi connectivity index (χ3v) is 6.04. The highest BCUT2D eigenvalue weighted by Crippen LogP contribution is 2.25. The number of fused-ring (bicyclic) bond motifs is 1. The molecule has 1 fully saturated rings. The van der Waals surface area contributed by atoms with E-state index in [1.54, 1.807) is 24.4 Å². The summed E-state index contributed by atoms with van der Waals surface area (Å²) in [6, 6.07) is 7.80. The van der Waals surface area contributed by atoms with Crippen LogP contribution in [0.25, 0.3) is 10.9 Å². The van der Waals surface area contributed by atoms with Crippen LogP contribution < -0.4 is 10.6 Å². The van der Waals surface area contributed by atoms with E-state index in [1.807, 2.05) is 12.1 Å². The predicted octanol–water partition coefficient (Wildman–Crippen LogP) is 0.921. The van der Waals surface area contributed by atoms with E-state index < -0.39 is 16.1 Å². The molecule has 2 heterocycles. The Hall–Kier alpha value is -2.00. The summed E-state index contributed by atoms with van der Waals surface area (Å²) in [5.41, 5.74) is 0.411. The van der Waals surface area contributed by atoms with Crippen molar-refractivity contribution in [2.24, 2.45) is 0 Å². The Bertz CT molecular complexity index is 899. The molecule has 1 unspecified atom stereocenters. The van der Waals surface area contributed by atoms with Gasteiger partial charge in [-0.25, -0.2) is 8.42 Å². The molecule has 1 atom stereocenters. The van der Waals surface area contributed by atoms with E-state index in [4.69, 9.17) is 0 Å². The number of sulfonamides is 1. The maximum absolute atomic E-state index is 13.2. The van der Waals surface area contributed by atoms with E-state index in [-0.39, 0.29) is 36.3 Å². The highest BCUT2D eigenvalue weighted by Gasteiger charge is 2.38. The third-order valence-electron chi connectivity index (χ3n) is 4.10. The zero-order valence-corrected chi connectivity index (χ0v) is 15.7. The smallest absolute Gasteiger partial charge is 0.246 e. The maximum atomic E-state index is 13.2. The molecule has 1 saturated heterocycles. The minimum absolute atomic E-state index is 0. The number of aromatic nitrogens is 1. The fourth-order valence-electron chi connectivity index (χ4n) is 2.90. The fourth-order valence-corrected chi connectivity index (χ4v) is 4.65. The van der Waals surface area contributed by atoms with Crippen LogP contribution >= 0.6 is 12.4 Å². The third kappa shape index (κ3) is 3.88. The van der Waals surface area contributed by atoms with Gasteiger partial charge in [-0.3, -0.25) is 9.78 Å². The molecule has 0 spiro atoms. The predicted molar refractivity (Wildman–Crippen MR) is 103 cm³/mol. The zero-order chi connectivity index (χ0) is 17.9. The molecule has 0 saturated carbocycles. The second kappa shape index (κ2) is 8.59. The van der Waals surface area contributed by atoms with Gasteiger partial charge >= 0.3 is 0 Å². The average Bonchev–Trinajstić information content (AvgIpc) is 2.65. The van der Waals surface area contributed by atoms with Crippen LogP contribution in [0, 0.1) is 0 Å². The lowest BCUT2D eigenvalue weighted by Gasteiger charge is -2.34. The van der Waals surface area contributed by atoms with Gasteiger partial charge in [0, 0.05) is 37.8 Å². The van der Waals surface area contributed by atoms with Gasteiger partial charge in [0.2, 0.25) is 15.9 Å². The molecule has 0 bridgehead atoms. The quantitative estimate of drug-likeness (QED) is 0.733. The molecule has 2 aromatic rings. The Labute approximate surface area is 158 Å². The highest BCUT2D eigenvalue weighted by atomic mass is 35.5. The second-order valence-corrected chi connectivity index (χ2v) is 7.56. The van der Waals surface area contributed by atoms with E-state index >= 15 is 0 Å². The summed E-state index contributed by atoms with van der Waals surface area (Å²) in [4.78, 5) is 16.7. The molecule has 26 heavy (non-hydrogen) atoms. The van der Waals surface area contributed by atoms with Crippen molar-refractivity contribution in [3.63, 3.8) is 0 Å². The van der Waals surface area contributed by atoms with E-state index in [0.717, 1.165) is 5.39 Å². The van der Waals surface area contributed by atoms with E-state index in [0.29, 0.717) is 18.6 Å². The van der Waals surface area contributed by atoms with Crippen LogP contribution in [0.1, 0.15) is 0 Å². The summed E-state index contributed by atoms with van der Waals surface area (Å²) in [6.45, 7) is 4.82. The number of carbonyl (C=O) groups is 1. The van der Waals surface area contributed by atoms with Gasteiger partial charge in [-0.15, -0.1) is 19.0 Å². The minimum Gasteiger partial charge on any atom is -0.351 e. The molecule has 3 rings (SSSR count). The molecule has 0 radical (unpaired) electrons. The number of carbonyl (C=O) groups excluding carboxylic acids is 1. The summed E-state index contributed by atoms with van der Waals surface area (Å²) in [5.74, 6) is -0.344. The van der Waals surface area contributed by atoms with E-state index in [1.165, 1.54) is 10.4 Å². The van der Waals surface area contributed by atoms with Crippen molar-refractivity contribution in [2.45, 2.75) is 10.9 Å². The molecule has 140 valence electrons. The van der Waals surface area contributed by atoms with E-state index in [9.17, 15) is 13.2 Å². The lowest BCUT2D eigenvalue weighted by atomic mass is 10.2. The number of pyridine rings is 1. The summed E-state index contributed by atoms with van der Waals surface area (Å²) >= 11 is 0. The largest absolute Gasteiger partial charge is 0.351 e. The SMILES string of the molecule is C=CCNC(=O)C1CNCCN1S(=O)(=O)c1cccc2cccnc12.Cl. The zero-order valence-electron chi connectivity index (χ0n) is 14.1. The van der Waals surface area contributed by atoms with Gasteiger partial charge in [-0.1, -0.05) is 24.3 Å². The molecule has 1 aromatic carbocycles. The molecule has 1 aliphatic rings. The van der Waals surface area contributed by atoms with Crippen LogP contribution in [-0.2, 0) is 14.8 Å². The molecule has 1 amide bonds. The molecule has 9 heteroatoms. The number of halogens is 1. The first kappa shape index (κ1) is 20.3. The van der Waals surface area contributed by atoms with Gasteiger partial charge in [0.1, 0.15) is 10.9 Å². The average molecular weight is 397 g/mol. The molecule has 0 aliphatic carbocycles. The summed E-state index contributed by atoms with van der Waals surface area (Å²) in [5, 5.41) is 6.49. The lowest BCUT2D eigenvalue weighted by Crippen LogP contribution is -2.59. The van der Waals surface area contributed by atoms with Gasteiger partial charge in [-0.05, 0) is 12.1 Å². The van der Waals surface area contributed by atoms with Crippen LogP contribution in [0.4, 0.5) is 0 Å². The van der Waals surface area contributed by atoms with Crippen LogP contribution in [-0.4, -0.2) is 55.8 Å². The monoisotopic (exact) mass is 396 g/mol. The van der Waals surface area contributed by atoms with Gasteiger partial charge in [0.25, 0.3) is 0 Å². The van der Waals surface area contributed by atoms with Crippen molar-refractivity contribution in [3.05, 3.63) is 49.2 Å². The number of nitrogens with one attached hydrogen (secondary N) is 2. The van der Waals surface area contributed by atoms with Crippen molar-refractivity contribution < 1.29 is 13.2 Å². The molecule has 7 nitrogen and oxygen atoms in total. The Morgan fingerprint density at radius 3 is 2.92 bits per heavy atom. The Balaban J connectivity index is 0.00000243. The molecule has 1 aliphatic heterocycles. The minimum atomic E-state index is -3.86. The van der Waals surface area contributed by atoms with Gasteiger partial charge in [-0.2, -0.15) is 4.31 Å². The molecule has 1 aromatic heterocycles. The van der Waals surface area contributed by atoms with Crippen LogP contribution in [0.2, 0.25) is 0 Å². The van der Waals surface area contributed by atoms with Gasteiger partial charge in [0.05, 0.1) is 5.52 Å². The Kier molecular flexibility index (Phi) is 6.71. The van der Waals surface area contributed by atoms with Crippen molar-refractivity contribution >= 4 is 39.2 Å². The number of benzene rings is 1. The van der Waals surface area contributed by atoms with Crippen molar-refractivity contribution in [2.75, 3.05) is 26.2 Å². The van der Waals surface area contributed by atoms with Gasteiger partial charge in [0.15, 0.2) is 0 Å². The number of rotatable bonds is 5. The van der Waals surface area contributed by atoms with Gasteiger partial charge < -0.3 is 10.6 Å². The summed E-state index contributed by atoms with van der Waals surface area (Å²) in [6.07, 6.45) is 3.12. The van der Waals surface area contributed by atoms with Crippen molar-refractivity contribution in [1.82, 2.24) is 19.9 Å². The number of piperazine rings is 1. The number of nitrogens with zero attached hydrogens (tertiary/aromatic N) is 2. The fraction of sp³-hybridized carbons (Fsp3) is 0.294. The number of hydrogen-bond donors (Lipinski definition) is 2. The standard InChI is InChI=1S/C17H20N4O3S.ClH/c1-2-8-20-17(22)14-12-18-10-11-21(14)25(23,24)15-7-3-5-13-6-4-9-19-16(13)15;/h2-7,9,14,18H,1,8,10-12H2,(H,20,22);1H. The first-order valence-corrected chi connectivity index (χ1v) is 9.44. The molecule has 2 N–H and O–H groups in total. The number of para-hydroxylation sites is 1. The van der Waals surface area contributed by atoms with Crippen LogP contribution in [0.15, 0.2) is 54.1 Å². The maximum Gasteiger partial charge on any atom is 0.246 e. The Morgan fingerprint density at radius 2 is 2.15 bits per heavy atom. The number of hydrogen-bond acceptors (Lipinski definition) is 5. The topological polar surface area (TPSA) is 91.4 Å². The molecular formula is C17H21ClN4O3S. The van der Waals surface area contributed by atoms with Crippen LogP contribution in [0.5, 0.6) is 0 Å². The van der Waals surface area contributed by atoms with Crippen molar-refractivity contribution in [3.8, 4) is 0 Å². The summed E-state index contributed by atoms with van der Waals surface area (Å²) in [7, 11) is -3.86.